The van der Waals surface area contributed by atoms with Crippen molar-refractivity contribution in [1.82, 2.24) is 4.57 Å². The van der Waals surface area contributed by atoms with Gasteiger partial charge in [0.2, 0.25) is 0 Å². The maximum atomic E-state index is 11.0. The van der Waals surface area contributed by atoms with Gasteiger partial charge < -0.3 is 4.57 Å². The van der Waals surface area contributed by atoms with Gasteiger partial charge in [-0.3, -0.25) is 15.1 Å². The standard InChI is InChI=1S/C19H17N3O2/c1-14-8-9-17(11-19(14)22(23)24)20-12-16-10-15(2)21(13-16)18-6-4-3-5-7-18/h3-13H,1-2H3. The van der Waals surface area contributed by atoms with Crippen LogP contribution in [0.2, 0.25) is 0 Å². The lowest BCUT2D eigenvalue weighted by Crippen LogP contribution is -1.93. The smallest absolute Gasteiger partial charge is 0.274 e. The predicted molar refractivity (Wildman–Crippen MR) is 95.6 cm³/mol. The molecule has 5 heteroatoms. The Morgan fingerprint density at radius 1 is 1.08 bits per heavy atom. The van der Waals surface area contributed by atoms with Gasteiger partial charge in [0.15, 0.2) is 0 Å². The van der Waals surface area contributed by atoms with E-state index in [-0.39, 0.29) is 10.6 Å². The lowest BCUT2D eigenvalue weighted by molar-refractivity contribution is -0.385. The quantitative estimate of drug-likeness (QED) is 0.396. The van der Waals surface area contributed by atoms with Crippen molar-refractivity contribution in [3.63, 3.8) is 0 Å². The first-order chi connectivity index (χ1) is 11.5. The van der Waals surface area contributed by atoms with Crippen LogP contribution in [0.5, 0.6) is 0 Å². The first-order valence-corrected chi connectivity index (χ1v) is 7.58. The molecule has 3 aromatic rings. The fraction of sp³-hybridized carbons (Fsp3) is 0.105. The minimum absolute atomic E-state index is 0.0858. The molecule has 0 aliphatic rings. The molecule has 0 saturated carbocycles. The molecule has 0 amide bonds. The van der Waals surface area contributed by atoms with E-state index in [1.807, 2.05) is 49.5 Å². The SMILES string of the molecule is Cc1ccc(N=Cc2cc(C)n(-c3ccccc3)c2)cc1[N+](=O)[O-]. The van der Waals surface area contributed by atoms with Gasteiger partial charge in [-0.2, -0.15) is 0 Å². The summed E-state index contributed by atoms with van der Waals surface area (Å²) < 4.78 is 2.08. The van der Waals surface area contributed by atoms with Gasteiger partial charge >= 0.3 is 0 Å². The molecule has 0 saturated heterocycles. The summed E-state index contributed by atoms with van der Waals surface area (Å²) in [5.41, 5.74) is 4.41. The van der Waals surface area contributed by atoms with Gasteiger partial charge in [0.25, 0.3) is 5.69 Å². The minimum atomic E-state index is -0.385. The number of para-hydroxylation sites is 1. The summed E-state index contributed by atoms with van der Waals surface area (Å²) in [6.07, 6.45) is 3.72. The van der Waals surface area contributed by atoms with Crippen molar-refractivity contribution in [1.29, 1.82) is 0 Å². The van der Waals surface area contributed by atoms with Gasteiger partial charge in [-0.05, 0) is 38.1 Å². The maximum absolute atomic E-state index is 11.0. The predicted octanol–water partition coefficient (Wildman–Crippen LogP) is 4.75. The summed E-state index contributed by atoms with van der Waals surface area (Å²) in [5.74, 6) is 0. The Kier molecular flexibility index (Phi) is 4.24. The molecule has 0 N–H and O–H groups in total. The minimum Gasteiger partial charge on any atom is -0.321 e. The lowest BCUT2D eigenvalue weighted by Gasteiger charge is -2.04. The van der Waals surface area contributed by atoms with Crippen molar-refractivity contribution < 1.29 is 4.92 Å². The van der Waals surface area contributed by atoms with Crippen LogP contribution in [-0.2, 0) is 0 Å². The molecule has 0 unspecified atom stereocenters. The molecular formula is C19H17N3O2. The van der Waals surface area contributed by atoms with Crippen molar-refractivity contribution in [2.75, 3.05) is 0 Å². The van der Waals surface area contributed by atoms with E-state index in [1.165, 1.54) is 6.07 Å². The monoisotopic (exact) mass is 319 g/mol. The van der Waals surface area contributed by atoms with Crippen molar-refractivity contribution in [3.8, 4) is 5.69 Å². The Labute approximate surface area is 140 Å². The molecule has 0 atom stereocenters. The van der Waals surface area contributed by atoms with Crippen LogP contribution in [0.1, 0.15) is 16.8 Å². The second-order valence-corrected chi connectivity index (χ2v) is 5.61. The molecule has 1 aromatic heterocycles. The molecule has 5 nitrogen and oxygen atoms in total. The molecular weight excluding hydrogens is 302 g/mol. The highest BCUT2D eigenvalue weighted by molar-refractivity contribution is 5.82. The molecule has 1 heterocycles. The molecule has 0 fully saturated rings. The van der Waals surface area contributed by atoms with Gasteiger partial charge in [0.05, 0.1) is 10.6 Å². The highest BCUT2D eigenvalue weighted by Gasteiger charge is 2.10. The normalized spacial score (nSPS) is 11.1. The third-order valence-electron chi connectivity index (χ3n) is 3.82. The number of benzene rings is 2. The number of aliphatic imine (C=N–C) groups is 1. The Balaban J connectivity index is 1.88. The fourth-order valence-electron chi connectivity index (χ4n) is 2.56. The van der Waals surface area contributed by atoms with Crippen LogP contribution in [0, 0.1) is 24.0 Å². The topological polar surface area (TPSA) is 60.4 Å². The van der Waals surface area contributed by atoms with Crippen molar-refractivity contribution >= 4 is 17.6 Å². The van der Waals surface area contributed by atoms with E-state index < -0.39 is 0 Å². The van der Waals surface area contributed by atoms with E-state index >= 15 is 0 Å². The van der Waals surface area contributed by atoms with Gasteiger partial charge in [0.1, 0.15) is 0 Å². The van der Waals surface area contributed by atoms with Gasteiger partial charge in [-0.25, -0.2) is 0 Å². The van der Waals surface area contributed by atoms with Crippen molar-refractivity contribution in [2.24, 2.45) is 4.99 Å². The molecule has 0 bridgehead atoms. The Hall–Kier alpha value is -3.21. The lowest BCUT2D eigenvalue weighted by atomic mass is 10.2. The van der Waals surface area contributed by atoms with Crippen LogP contribution in [0.3, 0.4) is 0 Å². The number of hydrogen-bond donors (Lipinski definition) is 0. The summed E-state index contributed by atoms with van der Waals surface area (Å²) in [4.78, 5) is 15.0. The second-order valence-electron chi connectivity index (χ2n) is 5.61. The zero-order valence-electron chi connectivity index (χ0n) is 13.5. The highest BCUT2D eigenvalue weighted by Crippen LogP contribution is 2.24. The van der Waals surface area contributed by atoms with E-state index in [2.05, 4.69) is 9.56 Å². The molecule has 2 aromatic carbocycles. The van der Waals surface area contributed by atoms with E-state index in [0.29, 0.717) is 11.3 Å². The number of nitro benzene ring substituents is 1. The van der Waals surface area contributed by atoms with Crippen LogP contribution >= 0.6 is 0 Å². The zero-order valence-corrected chi connectivity index (χ0v) is 13.5. The molecule has 0 spiro atoms. The van der Waals surface area contributed by atoms with Gasteiger partial charge in [0, 0.05) is 41.0 Å². The fourth-order valence-corrected chi connectivity index (χ4v) is 2.56. The van der Waals surface area contributed by atoms with E-state index in [0.717, 1.165) is 16.9 Å². The van der Waals surface area contributed by atoms with Crippen LogP contribution in [0.4, 0.5) is 11.4 Å². The van der Waals surface area contributed by atoms with Crippen LogP contribution in [0.25, 0.3) is 5.69 Å². The number of hydrogen-bond acceptors (Lipinski definition) is 3. The Bertz CT molecular complexity index is 912. The van der Waals surface area contributed by atoms with Gasteiger partial charge in [-0.1, -0.05) is 24.3 Å². The largest absolute Gasteiger partial charge is 0.321 e. The third kappa shape index (κ3) is 3.25. The van der Waals surface area contributed by atoms with Crippen molar-refractivity contribution in [3.05, 3.63) is 87.7 Å². The zero-order chi connectivity index (χ0) is 17.1. The van der Waals surface area contributed by atoms with Crippen molar-refractivity contribution in [2.45, 2.75) is 13.8 Å². The summed E-state index contributed by atoms with van der Waals surface area (Å²) in [5, 5.41) is 11.0. The Morgan fingerprint density at radius 2 is 1.83 bits per heavy atom. The highest BCUT2D eigenvalue weighted by atomic mass is 16.6. The van der Waals surface area contributed by atoms with Gasteiger partial charge in [-0.15, -0.1) is 0 Å². The number of rotatable bonds is 4. The third-order valence-corrected chi connectivity index (χ3v) is 3.82. The Morgan fingerprint density at radius 3 is 2.54 bits per heavy atom. The van der Waals surface area contributed by atoms with E-state index in [1.54, 1.807) is 25.3 Å². The summed E-state index contributed by atoms with van der Waals surface area (Å²) >= 11 is 0. The van der Waals surface area contributed by atoms with Crippen LogP contribution in [-0.4, -0.2) is 15.7 Å². The van der Waals surface area contributed by atoms with Crippen LogP contribution < -0.4 is 0 Å². The number of aryl methyl sites for hydroxylation is 2. The van der Waals surface area contributed by atoms with Crippen LogP contribution in [0.15, 0.2) is 65.8 Å². The first-order valence-electron chi connectivity index (χ1n) is 7.58. The number of nitrogens with zero attached hydrogens (tertiary/aromatic N) is 3. The average molecular weight is 319 g/mol. The average Bonchev–Trinajstić information content (AvgIpc) is 2.95. The second kappa shape index (κ2) is 6.50. The number of aromatic nitrogens is 1. The summed E-state index contributed by atoms with van der Waals surface area (Å²) in [7, 11) is 0. The van der Waals surface area contributed by atoms with E-state index in [4.69, 9.17) is 0 Å². The molecule has 24 heavy (non-hydrogen) atoms. The molecule has 0 aliphatic carbocycles. The molecule has 0 radical (unpaired) electrons. The molecule has 3 rings (SSSR count). The summed E-state index contributed by atoms with van der Waals surface area (Å²) in [6, 6.07) is 17.1. The summed E-state index contributed by atoms with van der Waals surface area (Å²) in [6.45, 7) is 3.75. The number of nitro groups is 1. The first kappa shape index (κ1) is 15.7. The van der Waals surface area contributed by atoms with E-state index in [9.17, 15) is 10.1 Å². The molecule has 120 valence electrons. The molecule has 0 aliphatic heterocycles. The maximum Gasteiger partial charge on any atom is 0.274 e.